The van der Waals surface area contributed by atoms with Crippen molar-refractivity contribution in [1.29, 1.82) is 0 Å². The number of likely N-dealkylation sites (N-methyl/N-ethyl adjacent to an activating group) is 1. The van der Waals surface area contributed by atoms with Gasteiger partial charge < -0.3 is 10.1 Å². The lowest BCUT2D eigenvalue weighted by molar-refractivity contribution is 0.138. The number of sulfonamides is 1. The maximum absolute atomic E-state index is 14.1. The Balaban J connectivity index is 2.87. The summed E-state index contributed by atoms with van der Waals surface area (Å²) in [5, 5.41) is 3.06. The summed E-state index contributed by atoms with van der Waals surface area (Å²) >= 11 is 0. The number of nitrogens with one attached hydrogen (secondary N) is 1. The van der Waals surface area contributed by atoms with E-state index in [0.29, 0.717) is 18.7 Å². The van der Waals surface area contributed by atoms with Crippen LogP contribution in [0.25, 0.3) is 0 Å². The third-order valence-electron chi connectivity index (χ3n) is 3.02. The maximum Gasteiger partial charge on any atom is 0.245 e. The van der Waals surface area contributed by atoms with Gasteiger partial charge in [-0.15, -0.1) is 0 Å². The van der Waals surface area contributed by atoms with Gasteiger partial charge >= 0.3 is 0 Å². The van der Waals surface area contributed by atoms with Gasteiger partial charge in [-0.05, 0) is 31.2 Å². The number of rotatable bonds is 9. The summed E-state index contributed by atoms with van der Waals surface area (Å²) < 4.78 is 44.9. The molecule has 0 aliphatic heterocycles. The Kier molecular flexibility index (Phi) is 7.24. The molecule has 0 saturated carbocycles. The van der Waals surface area contributed by atoms with Gasteiger partial charge in [0.05, 0.1) is 6.61 Å². The van der Waals surface area contributed by atoms with Crippen molar-refractivity contribution in [2.75, 3.05) is 33.4 Å². The van der Waals surface area contributed by atoms with E-state index >= 15 is 0 Å². The molecule has 0 bridgehead atoms. The fourth-order valence-electron chi connectivity index (χ4n) is 1.76. The number of benzene rings is 1. The van der Waals surface area contributed by atoms with Crippen LogP contribution >= 0.6 is 0 Å². The van der Waals surface area contributed by atoms with Crippen molar-refractivity contribution in [3.05, 3.63) is 29.6 Å². The second-order valence-corrected chi connectivity index (χ2v) is 6.58. The van der Waals surface area contributed by atoms with Crippen LogP contribution in [0.15, 0.2) is 23.1 Å². The van der Waals surface area contributed by atoms with E-state index in [2.05, 4.69) is 5.32 Å². The zero-order valence-electron chi connectivity index (χ0n) is 12.7. The fraction of sp³-hybridized carbons (Fsp3) is 0.571. The molecule has 7 heteroatoms. The first-order valence-electron chi connectivity index (χ1n) is 6.96. The smallest absolute Gasteiger partial charge is 0.245 e. The molecule has 0 spiro atoms. The van der Waals surface area contributed by atoms with Gasteiger partial charge in [-0.2, -0.15) is 4.31 Å². The van der Waals surface area contributed by atoms with Gasteiger partial charge in [0.2, 0.25) is 10.0 Å². The quantitative estimate of drug-likeness (QED) is 0.703. The first kappa shape index (κ1) is 18.0. The molecule has 0 amide bonds. The maximum atomic E-state index is 14.1. The lowest BCUT2D eigenvalue weighted by atomic mass is 10.2. The minimum atomic E-state index is -3.83. The van der Waals surface area contributed by atoms with Crippen molar-refractivity contribution in [1.82, 2.24) is 9.62 Å². The van der Waals surface area contributed by atoms with Crippen LogP contribution in [-0.2, 0) is 21.3 Å². The second-order valence-electron chi connectivity index (χ2n) is 4.57. The van der Waals surface area contributed by atoms with Crippen molar-refractivity contribution in [3.8, 4) is 0 Å². The minimum Gasteiger partial charge on any atom is -0.380 e. The van der Waals surface area contributed by atoms with E-state index in [0.717, 1.165) is 10.8 Å². The molecule has 1 aromatic rings. The van der Waals surface area contributed by atoms with Crippen LogP contribution < -0.4 is 5.32 Å². The first-order chi connectivity index (χ1) is 9.93. The third kappa shape index (κ3) is 5.03. The number of nitrogens with zero attached hydrogens (tertiary/aromatic N) is 1. The Hall–Kier alpha value is -1.02. The SMILES string of the molecule is CCNCc1ccc(S(=O)(=O)N(C)CCOCC)c(F)c1. The van der Waals surface area contributed by atoms with E-state index in [-0.39, 0.29) is 18.0 Å². The van der Waals surface area contributed by atoms with Gasteiger partial charge in [0.15, 0.2) is 0 Å². The molecular weight excluding hydrogens is 295 g/mol. The standard InChI is InChI=1S/C14H23FN2O3S/c1-4-16-11-12-6-7-14(13(15)10-12)21(18,19)17(3)8-9-20-5-2/h6-7,10,16H,4-5,8-9,11H2,1-3H3. The third-order valence-corrected chi connectivity index (χ3v) is 4.91. The van der Waals surface area contributed by atoms with Gasteiger partial charge in [0.25, 0.3) is 0 Å². The summed E-state index contributed by atoms with van der Waals surface area (Å²) in [6.45, 7) is 6.04. The number of ether oxygens (including phenoxy) is 1. The highest BCUT2D eigenvalue weighted by atomic mass is 32.2. The van der Waals surface area contributed by atoms with Gasteiger partial charge in [-0.3, -0.25) is 0 Å². The topological polar surface area (TPSA) is 58.6 Å². The molecule has 0 fully saturated rings. The molecule has 0 aromatic heterocycles. The molecule has 0 aliphatic carbocycles. The lowest BCUT2D eigenvalue weighted by Gasteiger charge is -2.17. The summed E-state index contributed by atoms with van der Waals surface area (Å²) in [7, 11) is -2.41. The highest BCUT2D eigenvalue weighted by Gasteiger charge is 2.24. The van der Waals surface area contributed by atoms with Crippen LogP contribution in [0.2, 0.25) is 0 Å². The highest BCUT2D eigenvalue weighted by Crippen LogP contribution is 2.19. The van der Waals surface area contributed by atoms with E-state index in [1.54, 1.807) is 6.07 Å². The monoisotopic (exact) mass is 318 g/mol. The zero-order chi connectivity index (χ0) is 15.9. The summed E-state index contributed by atoms with van der Waals surface area (Å²) in [6, 6.07) is 4.19. The Morgan fingerprint density at radius 3 is 2.62 bits per heavy atom. The Morgan fingerprint density at radius 1 is 1.33 bits per heavy atom. The Morgan fingerprint density at radius 2 is 2.05 bits per heavy atom. The van der Waals surface area contributed by atoms with Gasteiger partial charge in [0, 0.05) is 26.7 Å². The molecule has 0 unspecified atom stereocenters. The van der Waals surface area contributed by atoms with Crippen LogP contribution in [0, 0.1) is 5.82 Å². The molecule has 0 heterocycles. The molecule has 0 radical (unpaired) electrons. The van der Waals surface area contributed by atoms with E-state index in [9.17, 15) is 12.8 Å². The molecule has 21 heavy (non-hydrogen) atoms. The van der Waals surface area contributed by atoms with E-state index in [1.165, 1.54) is 19.2 Å². The van der Waals surface area contributed by atoms with Gasteiger partial charge in [0.1, 0.15) is 10.7 Å². The van der Waals surface area contributed by atoms with E-state index in [4.69, 9.17) is 4.74 Å². The van der Waals surface area contributed by atoms with Crippen molar-refractivity contribution >= 4 is 10.0 Å². The minimum absolute atomic E-state index is 0.189. The van der Waals surface area contributed by atoms with Crippen molar-refractivity contribution in [2.24, 2.45) is 0 Å². The molecule has 120 valence electrons. The van der Waals surface area contributed by atoms with E-state index in [1.807, 2.05) is 13.8 Å². The number of hydrogen-bond acceptors (Lipinski definition) is 4. The van der Waals surface area contributed by atoms with Crippen LogP contribution in [0.1, 0.15) is 19.4 Å². The average molecular weight is 318 g/mol. The summed E-state index contributed by atoms with van der Waals surface area (Å²) in [5.41, 5.74) is 0.713. The van der Waals surface area contributed by atoms with Crippen LogP contribution in [0.4, 0.5) is 4.39 Å². The van der Waals surface area contributed by atoms with E-state index < -0.39 is 15.8 Å². The molecule has 0 saturated heterocycles. The predicted octanol–water partition coefficient (Wildman–Crippen LogP) is 1.59. The fourth-order valence-corrected chi connectivity index (χ4v) is 2.95. The summed E-state index contributed by atoms with van der Waals surface area (Å²) in [5.74, 6) is -0.728. The highest BCUT2D eigenvalue weighted by molar-refractivity contribution is 7.89. The van der Waals surface area contributed by atoms with Crippen LogP contribution in [0.5, 0.6) is 0 Å². The molecule has 5 nitrogen and oxygen atoms in total. The Bertz CT molecular complexity index is 549. The summed E-state index contributed by atoms with van der Waals surface area (Å²) in [4.78, 5) is -0.304. The molecule has 1 N–H and O–H groups in total. The summed E-state index contributed by atoms with van der Waals surface area (Å²) in [6.07, 6.45) is 0. The second kappa shape index (κ2) is 8.43. The van der Waals surface area contributed by atoms with Gasteiger partial charge in [-0.1, -0.05) is 13.0 Å². The molecule has 1 rings (SSSR count). The molecule has 0 aliphatic rings. The zero-order valence-corrected chi connectivity index (χ0v) is 13.5. The number of halogens is 1. The van der Waals surface area contributed by atoms with Crippen LogP contribution in [-0.4, -0.2) is 46.1 Å². The first-order valence-corrected chi connectivity index (χ1v) is 8.40. The Labute approximate surface area is 126 Å². The van der Waals surface area contributed by atoms with Gasteiger partial charge in [-0.25, -0.2) is 12.8 Å². The normalized spacial score (nSPS) is 12.0. The average Bonchev–Trinajstić information content (AvgIpc) is 2.45. The predicted molar refractivity (Wildman–Crippen MR) is 80.1 cm³/mol. The number of hydrogen-bond donors (Lipinski definition) is 1. The molecule has 0 atom stereocenters. The van der Waals surface area contributed by atoms with Crippen molar-refractivity contribution in [3.63, 3.8) is 0 Å². The largest absolute Gasteiger partial charge is 0.380 e. The molecule has 1 aromatic carbocycles. The van der Waals surface area contributed by atoms with Crippen LogP contribution in [0.3, 0.4) is 0 Å². The van der Waals surface area contributed by atoms with Crippen molar-refractivity contribution < 1.29 is 17.5 Å². The lowest BCUT2D eigenvalue weighted by Crippen LogP contribution is -2.31. The van der Waals surface area contributed by atoms with Crippen molar-refractivity contribution in [2.45, 2.75) is 25.3 Å². The molecular formula is C14H23FN2O3S.